The van der Waals surface area contributed by atoms with Gasteiger partial charge in [-0.1, -0.05) is 36.0 Å². The van der Waals surface area contributed by atoms with Crippen molar-refractivity contribution in [3.63, 3.8) is 0 Å². The van der Waals surface area contributed by atoms with Crippen LogP contribution < -0.4 is 15.9 Å². The number of nitrogens with one attached hydrogen (secondary N) is 1. The van der Waals surface area contributed by atoms with Crippen molar-refractivity contribution >= 4 is 23.4 Å². The molecule has 0 aliphatic rings. The summed E-state index contributed by atoms with van der Waals surface area (Å²) in [6, 6.07) is 11.6. The lowest BCUT2D eigenvalue weighted by Gasteiger charge is -2.13. The van der Waals surface area contributed by atoms with E-state index in [9.17, 15) is 9.18 Å². The highest BCUT2D eigenvalue weighted by Gasteiger charge is 2.20. The smallest absolute Gasteiger partial charge is 0.237 e. The Morgan fingerprint density at radius 2 is 1.93 bits per heavy atom. The van der Waals surface area contributed by atoms with Gasteiger partial charge in [0.15, 0.2) is 5.82 Å². The van der Waals surface area contributed by atoms with E-state index in [2.05, 4.69) is 15.5 Å². The minimum Gasteiger partial charge on any atom is -0.485 e. The van der Waals surface area contributed by atoms with E-state index in [1.54, 1.807) is 13.0 Å². The molecule has 1 aromatic heterocycles. The van der Waals surface area contributed by atoms with Crippen molar-refractivity contribution in [1.29, 1.82) is 0 Å². The van der Waals surface area contributed by atoms with Crippen molar-refractivity contribution < 1.29 is 13.9 Å². The van der Waals surface area contributed by atoms with E-state index >= 15 is 0 Å². The molecule has 0 aliphatic carbocycles. The Hall–Kier alpha value is -3.07. The number of carbonyl (C=O) groups excluding carboxylic acids is 1. The van der Waals surface area contributed by atoms with Crippen molar-refractivity contribution in [2.45, 2.75) is 37.8 Å². The molecule has 0 radical (unpaired) electrons. The van der Waals surface area contributed by atoms with Gasteiger partial charge in [-0.25, -0.2) is 9.07 Å². The average Bonchev–Trinajstić information content (AvgIpc) is 3.01. The number of ether oxygens (including phenoxy) is 1. The molecule has 0 bridgehead atoms. The molecule has 29 heavy (non-hydrogen) atoms. The number of thioether (sulfide) groups is 1. The first kappa shape index (κ1) is 20.7. The number of aromatic nitrogens is 3. The van der Waals surface area contributed by atoms with Gasteiger partial charge in [-0.15, -0.1) is 10.2 Å². The van der Waals surface area contributed by atoms with Crippen LogP contribution in [0.1, 0.15) is 23.9 Å². The van der Waals surface area contributed by atoms with Gasteiger partial charge in [0.1, 0.15) is 18.2 Å². The summed E-state index contributed by atoms with van der Waals surface area (Å²) in [5.41, 5.74) is 2.43. The third kappa shape index (κ3) is 5.05. The van der Waals surface area contributed by atoms with Crippen LogP contribution in [0, 0.1) is 19.7 Å². The molecular formula is C20H22FN5O2S. The van der Waals surface area contributed by atoms with Crippen LogP contribution in [0.2, 0.25) is 0 Å². The number of nitrogen functional groups attached to an aromatic ring is 1. The first-order valence-electron chi connectivity index (χ1n) is 8.96. The van der Waals surface area contributed by atoms with Crippen LogP contribution in [0.4, 0.5) is 10.1 Å². The van der Waals surface area contributed by atoms with Gasteiger partial charge in [0, 0.05) is 5.69 Å². The Morgan fingerprint density at radius 3 is 2.62 bits per heavy atom. The van der Waals surface area contributed by atoms with Crippen molar-refractivity contribution in [2.75, 3.05) is 11.2 Å². The molecule has 0 fully saturated rings. The van der Waals surface area contributed by atoms with Crippen LogP contribution in [0.15, 0.2) is 47.6 Å². The molecule has 1 unspecified atom stereocenters. The Balaban J connectivity index is 1.62. The topological polar surface area (TPSA) is 95.1 Å². The molecule has 2 aromatic carbocycles. The molecule has 9 heteroatoms. The number of anilines is 1. The lowest BCUT2D eigenvalue weighted by Crippen LogP contribution is -2.24. The molecule has 3 N–H and O–H groups in total. The zero-order valence-corrected chi connectivity index (χ0v) is 17.2. The SMILES string of the molecule is Cc1cccc(C)c1OCc1nnc(SC(C)C(=O)Nc2cccc(F)c2)n1N. The maximum Gasteiger partial charge on any atom is 0.237 e. The largest absolute Gasteiger partial charge is 0.485 e. The fraction of sp³-hybridized carbons (Fsp3) is 0.250. The summed E-state index contributed by atoms with van der Waals surface area (Å²) in [6.07, 6.45) is 0. The number of nitrogens with zero attached hydrogens (tertiary/aromatic N) is 3. The van der Waals surface area contributed by atoms with Gasteiger partial charge in [0.2, 0.25) is 11.1 Å². The number of hydrogen-bond acceptors (Lipinski definition) is 6. The molecule has 0 aliphatic heterocycles. The van der Waals surface area contributed by atoms with Gasteiger partial charge in [0.05, 0.1) is 5.25 Å². The Kier molecular flexibility index (Phi) is 6.38. The Morgan fingerprint density at radius 1 is 1.24 bits per heavy atom. The van der Waals surface area contributed by atoms with Crippen LogP contribution >= 0.6 is 11.8 Å². The van der Waals surface area contributed by atoms with Gasteiger partial charge in [-0.3, -0.25) is 4.79 Å². The highest BCUT2D eigenvalue weighted by Crippen LogP contribution is 2.25. The monoisotopic (exact) mass is 415 g/mol. The zero-order valence-electron chi connectivity index (χ0n) is 16.3. The van der Waals surface area contributed by atoms with Crippen LogP contribution in [-0.2, 0) is 11.4 Å². The molecule has 0 saturated heterocycles. The molecule has 1 amide bonds. The summed E-state index contributed by atoms with van der Waals surface area (Å²) in [4.78, 5) is 12.4. The number of aryl methyl sites for hydroxylation is 2. The normalized spacial score (nSPS) is 11.9. The number of carbonyl (C=O) groups is 1. The average molecular weight is 415 g/mol. The lowest BCUT2D eigenvalue weighted by molar-refractivity contribution is -0.115. The number of nitrogens with two attached hydrogens (primary N) is 1. The highest BCUT2D eigenvalue weighted by molar-refractivity contribution is 8.00. The molecule has 1 heterocycles. The fourth-order valence-electron chi connectivity index (χ4n) is 2.67. The number of halogens is 1. The van der Waals surface area contributed by atoms with Gasteiger partial charge < -0.3 is 15.9 Å². The van der Waals surface area contributed by atoms with E-state index < -0.39 is 11.1 Å². The van der Waals surface area contributed by atoms with Gasteiger partial charge >= 0.3 is 0 Å². The van der Waals surface area contributed by atoms with Crippen molar-refractivity contribution in [3.05, 3.63) is 65.2 Å². The molecular weight excluding hydrogens is 393 g/mol. The van der Waals surface area contributed by atoms with E-state index in [1.807, 2.05) is 32.0 Å². The molecule has 3 rings (SSSR count). The quantitative estimate of drug-likeness (QED) is 0.453. The maximum atomic E-state index is 13.3. The summed E-state index contributed by atoms with van der Waals surface area (Å²) in [5, 5.41) is 10.6. The standard InChI is InChI=1S/C20H22FN5O2S/c1-12-6-4-7-13(2)18(12)28-11-17-24-25-20(26(17)22)29-14(3)19(27)23-16-9-5-8-15(21)10-16/h4-10,14H,11,22H2,1-3H3,(H,23,27). The molecule has 152 valence electrons. The van der Waals surface area contributed by atoms with Gasteiger partial charge in [0.25, 0.3) is 0 Å². The second kappa shape index (κ2) is 8.95. The number of hydrogen-bond donors (Lipinski definition) is 2. The Labute approximate surface area is 172 Å². The van der Waals surface area contributed by atoms with Gasteiger partial charge in [-0.2, -0.15) is 0 Å². The van der Waals surface area contributed by atoms with E-state index in [0.29, 0.717) is 16.7 Å². The fourth-order valence-corrected chi connectivity index (χ4v) is 3.46. The predicted molar refractivity (Wildman–Crippen MR) is 111 cm³/mol. The summed E-state index contributed by atoms with van der Waals surface area (Å²) in [5.74, 6) is 6.58. The number of amides is 1. The molecule has 3 aromatic rings. The second-order valence-electron chi connectivity index (χ2n) is 6.54. The van der Waals surface area contributed by atoms with Crippen molar-refractivity contribution in [1.82, 2.24) is 14.9 Å². The number of rotatable bonds is 7. The third-order valence-electron chi connectivity index (χ3n) is 4.23. The third-order valence-corrected chi connectivity index (χ3v) is 5.29. The number of benzene rings is 2. The van der Waals surface area contributed by atoms with E-state index in [0.717, 1.165) is 28.6 Å². The summed E-state index contributed by atoms with van der Waals surface area (Å²) >= 11 is 1.15. The first-order chi connectivity index (χ1) is 13.8. The molecule has 1 atom stereocenters. The summed E-state index contributed by atoms with van der Waals surface area (Å²) in [7, 11) is 0. The summed E-state index contributed by atoms with van der Waals surface area (Å²) < 4.78 is 20.4. The summed E-state index contributed by atoms with van der Waals surface area (Å²) in [6.45, 7) is 5.80. The lowest BCUT2D eigenvalue weighted by atomic mass is 10.1. The first-order valence-corrected chi connectivity index (χ1v) is 9.84. The van der Waals surface area contributed by atoms with Crippen LogP contribution in [-0.4, -0.2) is 26.0 Å². The van der Waals surface area contributed by atoms with E-state index in [4.69, 9.17) is 10.6 Å². The van der Waals surface area contributed by atoms with Crippen LogP contribution in [0.25, 0.3) is 0 Å². The zero-order chi connectivity index (χ0) is 21.0. The minimum absolute atomic E-state index is 0.152. The van der Waals surface area contributed by atoms with Crippen molar-refractivity contribution in [3.8, 4) is 5.75 Å². The Bertz CT molecular complexity index is 1000. The minimum atomic E-state index is -0.517. The van der Waals surface area contributed by atoms with Crippen LogP contribution in [0.5, 0.6) is 5.75 Å². The number of para-hydroxylation sites is 1. The predicted octanol–water partition coefficient (Wildman–Crippen LogP) is 3.45. The van der Waals surface area contributed by atoms with Gasteiger partial charge in [-0.05, 0) is 50.1 Å². The molecule has 0 saturated carbocycles. The molecule has 7 nitrogen and oxygen atoms in total. The second-order valence-corrected chi connectivity index (χ2v) is 7.85. The van der Waals surface area contributed by atoms with E-state index in [1.165, 1.54) is 22.9 Å². The van der Waals surface area contributed by atoms with Crippen molar-refractivity contribution in [2.24, 2.45) is 0 Å². The van der Waals surface area contributed by atoms with Crippen LogP contribution in [0.3, 0.4) is 0 Å². The maximum absolute atomic E-state index is 13.3. The van der Waals surface area contributed by atoms with E-state index in [-0.39, 0.29) is 12.5 Å². The highest BCUT2D eigenvalue weighted by atomic mass is 32.2. The molecule has 0 spiro atoms.